The minimum absolute atomic E-state index is 0.212. The molecule has 0 aliphatic carbocycles. The highest BCUT2D eigenvalue weighted by Crippen LogP contribution is 2.32. The molecule has 6 nitrogen and oxygen atoms in total. The van der Waals surface area contributed by atoms with E-state index in [-0.39, 0.29) is 11.9 Å². The lowest BCUT2D eigenvalue weighted by molar-refractivity contribution is -0.118. The summed E-state index contributed by atoms with van der Waals surface area (Å²) in [6, 6.07) is 16.9. The molecule has 1 saturated heterocycles. The van der Waals surface area contributed by atoms with Crippen molar-refractivity contribution in [2.45, 2.75) is 31.5 Å². The summed E-state index contributed by atoms with van der Waals surface area (Å²) in [7, 11) is 0. The van der Waals surface area contributed by atoms with Crippen LogP contribution in [0.4, 0.5) is 17.1 Å². The van der Waals surface area contributed by atoms with Crippen molar-refractivity contribution in [1.29, 1.82) is 0 Å². The molecule has 0 bridgehead atoms. The SMILES string of the molecule is NC(=O)CCC1CN(c2ccccc2)CCN1c1ccc2c(c1)CC(O)N2. The fourth-order valence-electron chi connectivity index (χ4n) is 4.13. The van der Waals surface area contributed by atoms with Gasteiger partial charge in [-0.3, -0.25) is 4.79 Å². The molecule has 4 rings (SSSR count). The zero-order chi connectivity index (χ0) is 18.8. The zero-order valence-electron chi connectivity index (χ0n) is 15.3. The van der Waals surface area contributed by atoms with Crippen LogP contribution in [0.25, 0.3) is 0 Å². The minimum atomic E-state index is -0.504. The first-order valence-electron chi connectivity index (χ1n) is 9.52. The van der Waals surface area contributed by atoms with Crippen LogP contribution in [0.3, 0.4) is 0 Å². The Morgan fingerprint density at radius 1 is 1.15 bits per heavy atom. The third-order valence-corrected chi connectivity index (χ3v) is 5.48. The second kappa shape index (κ2) is 7.48. The van der Waals surface area contributed by atoms with Crippen molar-refractivity contribution in [2.75, 3.05) is 34.8 Å². The summed E-state index contributed by atoms with van der Waals surface area (Å²) in [5.74, 6) is -0.256. The molecule has 27 heavy (non-hydrogen) atoms. The molecule has 2 aliphatic rings. The number of amides is 1. The van der Waals surface area contributed by atoms with Gasteiger partial charge in [0.25, 0.3) is 0 Å². The third kappa shape index (κ3) is 3.85. The molecule has 142 valence electrons. The van der Waals surface area contributed by atoms with E-state index in [4.69, 9.17) is 5.73 Å². The third-order valence-electron chi connectivity index (χ3n) is 5.48. The molecule has 0 spiro atoms. The molecule has 0 aromatic heterocycles. The van der Waals surface area contributed by atoms with Crippen LogP contribution in [0.15, 0.2) is 48.5 Å². The van der Waals surface area contributed by atoms with Crippen LogP contribution in [0, 0.1) is 0 Å². The number of para-hydroxylation sites is 1. The summed E-state index contributed by atoms with van der Waals surface area (Å²) in [6.45, 7) is 2.66. The van der Waals surface area contributed by atoms with Crippen LogP contribution in [0.5, 0.6) is 0 Å². The van der Waals surface area contributed by atoms with Crippen molar-refractivity contribution in [3.05, 3.63) is 54.1 Å². The molecular weight excluding hydrogens is 340 g/mol. The van der Waals surface area contributed by atoms with Crippen molar-refractivity contribution < 1.29 is 9.90 Å². The molecule has 2 unspecified atom stereocenters. The molecule has 4 N–H and O–H groups in total. The molecule has 1 fully saturated rings. The Morgan fingerprint density at radius 2 is 1.96 bits per heavy atom. The van der Waals surface area contributed by atoms with Gasteiger partial charge in [-0.15, -0.1) is 0 Å². The van der Waals surface area contributed by atoms with E-state index in [1.807, 2.05) is 12.1 Å². The van der Waals surface area contributed by atoms with Gasteiger partial charge in [-0.1, -0.05) is 18.2 Å². The van der Waals surface area contributed by atoms with E-state index >= 15 is 0 Å². The van der Waals surface area contributed by atoms with Gasteiger partial charge < -0.3 is 26.0 Å². The van der Waals surface area contributed by atoms with Crippen LogP contribution < -0.4 is 20.9 Å². The summed E-state index contributed by atoms with van der Waals surface area (Å²) in [4.78, 5) is 16.1. The topological polar surface area (TPSA) is 81.8 Å². The predicted molar refractivity (Wildman–Crippen MR) is 108 cm³/mol. The quantitative estimate of drug-likeness (QED) is 0.753. The Hall–Kier alpha value is -2.73. The van der Waals surface area contributed by atoms with E-state index in [0.29, 0.717) is 12.8 Å². The molecule has 2 heterocycles. The highest BCUT2D eigenvalue weighted by Gasteiger charge is 2.29. The maximum absolute atomic E-state index is 11.4. The standard InChI is InChI=1S/C21H26N4O2/c22-20(26)9-7-18-14-24(16-4-2-1-3-5-16)10-11-25(18)17-6-8-19-15(12-17)13-21(27)23-19/h1-6,8,12,18,21,23,27H,7,9-11,13-14H2,(H2,22,26). The zero-order valence-corrected chi connectivity index (χ0v) is 15.3. The number of benzene rings is 2. The number of primary amides is 1. The number of hydrogen-bond donors (Lipinski definition) is 3. The molecule has 2 aliphatic heterocycles. The first-order chi connectivity index (χ1) is 13.1. The highest BCUT2D eigenvalue weighted by molar-refractivity contribution is 5.74. The number of hydrogen-bond acceptors (Lipinski definition) is 5. The van der Waals surface area contributed by atoms with Gasteiger partial charge in [0.05, 0.1) is 0 Å². The number of rotatable bonds is 5. The van der Waals surface area contributed by atoms with Crippen LogP contribution in [0.2, 0.25) is 0 Å². The second-order valence-electron chi connectivity index (χ2n) is 7.34. The van der Waals surface area contributed by atoms with E-state index in [2.05, 4.69) is 51.5 Å². The lowest BCUT2D eigenvalue weighted by Crippen LogP contribution is -2.53. The number of anilines is 3. The van der Waals surface area contributed by atoms with Gasteiger partial charge in [-0.2, -0.15) is 0 Å². The Balaban J connectivity index is 1.56. The number of nitrogens with zero attached hydrogens (tertiary/aromatic N) is 2. The lowest BCUT2D eigenvalue weighted by Gasteiger charge is -2.44. The summed E-state index contributed by atoms with van der Waals surface area (Å²) in [5.41, 5.74) is 9.92. The van der Waals surface area contributed by atoms with Crippen molar-refractivity contribution in [3.63, 3.8) is 0 Å². The van der Waals surface area contributed by atoms with Crippen molar-refractivity contribution in [3.8, 4) is 0 Å². The van der Waals surface area contributed by atoms with Crippen LogP contribution in [-0.2, 0) is 11.2 Å². The number of aliphatic hydroxyl groups is 1. The molecule has 1 amide bonds. The average molecular weight is 366 g/mol. The molecule has 0 radical (unpaired) electrons. The van der Waals surface area contributed by atoms with Crippen molar-refractivity contribution >= 4 is 23.0 Å². The molecule has 2 aromatic rings. The van der Waals surface area contributed by atoms with E-state index < -0.39 is 6.23 Å². The van der Waals surface area contributed by atoms with Crippen molar-refractivity contribution in [1.82, 2.24) is 0 Å². The van der Waals surface area contributed by atoms with E-state index in [9.17, 15) is 9.90 Å². The van der Waals surface area contributed by atoms with Gasteiger partial charge in [0.1, 0.15) is 6.23 Å². The fraction of sp³-hybridized carbons (Fsp3) is 0.381. The maximum atomic E-state index is 11.4. The summed E-state index contributed by atoms with van der Waals surface area (Å²) in [5, 5.41) is 12.9. The summed E-state index contributed by atoms with van der Waals surface area (Å²) in [6.07, 6.45) is 1.24. The normalized spacial score (nSPS) is 21.7. The molecule has 2 atom stereocenters. The number of nitrogens with one attached hydrogen (secondary N) is 1. The highest BCUT2D eigenvalue weighted by atomic mass is 16.3. The van der Waals surface area contributed by atoms with E-state index in [0.717, 1.165) is 43.0 Å². The average Bonchev–Trinajstić information content (AvgIpc) is 3.06. The number of carbonyl (C=O) groups is 1. The molecular formula is C21H26N4O2. The van der Waals surface area contributed by atoms with Crippen LogP contribution >= 0.6 is 0 Å². The van der Waals surface area contributed by atoms with Gasteiger partial charge in [-0.25, -0.2) is 0 Å². The first-order valence-corrected chi connectivity index (χ1v) is 9.52. The van der Waals surface area contributed by atoms with E-state index in [1.54, 1.807) is 0 Å². The van der Waals surface area contributed by atoms with Crippen LogP contribution in [-0.4, -0.2) is 42.9 Å². The fourth-order valence-corrected chi connectivity index (χ4v) is 4.13. The Labute approximate surface area is 159 Å². The first kappa shape index (κ1) is 17.7. The minimum Gasteiger partial charge on any atom is -0.373 e. The smallest absolute Gasteiger partial charge is 0.217 e. The van der Waals surface area contributed by atoms with Gasteiger partial charge in [-0.05, 0) is 42.3 Å². The van der Waals surface area contributed by atoms with Gasteiger partial charge >= 0.3 is 0 Å². The summed E-state index contributed by atoms with van der Waals surface area (Å²) < 4.78 is 0. The van der Waals surface area contributed by atoms with Crippen molar-refractivity contribution in [2.24, 2.45) is 5.73 Å². The Morgan fingerprint density at radius 3 is 2.74 bits per heavy atom. The number of fused-ring (bicyclic) bond motifs is 1. The molecule has 6 heteroatoms. The molecule has 2 aromatic carbocycles. The van der Waals surface area contributed by atoms with Gasteiger partial charge in [0, 0.05) is 55.6 Å². The predicted octanol–water partition coefficient (Wildman–Crippen LogP) is 1.93. The second-order valence-corrected chi connectivity index (χ2v) is 7.34. The lowest BCUT2D eigenvalue weighted by atomic mass is 10.0. The maximum Gasteiger partial charge on any atom is 0.217 e. The number of piperazine rings is 1. The summed E-state index contributed by atoms with van der Waals surface area (Å²) >= 11 is 0. The number of carbonyl (C=O) groups excluding carboxylic acids is 1. The largest absolute Gasteiger partial charge is 0.373 e. The molecule has 0 saturated carbocycles. The Kier molecular flexibility index (Phi) is 4.90. The number of aliphatic hydroxyl groups excluding tert-OH is 1. The Bertz CT molecular complexity index is 811. The van der Waals surface area contributed by atoms with Gasteiger partial charge in [0.2, 0.25) is 5.91 Å². The van der Waals surface area contributed by atoms with Gasteiger partial charge in [0.15, 0.2) is 0 Å². The monoisotopic (exact) mass is 366 g/mol. The van der Waals surface area contributed by atoms with E-state index in [1.165, 1.54) is 5.69 Å². The number of nitrogens with two attached hydrogens (primary N) is 1. The van der Waals surface area contributed by atoms with Crippen LogP contribution in [0.1, 0.15) is 18.4 Å².